The number of hydrogen-bond acceptors (Lipinski definition) is 4. The summed E-state index contributed by atoms with van der Waals surface area (Å²) in [4.78, 5) is 7.52. The fraction of sp³-hybridized carbons (Fsp3) is 0.208. The Hall–Kier alpha value is -2.11. The first-order chi connectivity index (χ1) is 14.3. The second kappa shape index (κ2) is 8.33. The molecule has 0 radical (unpaired) electrons. The number of nitrogens with zero attached hydrogens (tertiary/aromatic N) is 1. The number of fused-ring (bicyclic) bond motifs is 2. The van der Waals surface area contributed by atoms with Crippen LogP contribution in [-0.4, -0.2) is 32.0 Å². The smallest absolute Gasteiger partial charge is 0.0793 e. The van der Waals surface area contributed by atoms with Crippen molar-refractivity contribution in [1.29, 1.82) is 0 Å². The molecular formula is C24H21ClN2OS. The van der Waals surface area contributed by atoms with Crippen molar-refractivity contribution in [3.63, 3.8) is 0 Å². The summed E-state index contributed by atoms with van der Waals surface area (Å²) in [6.07, 6.45) is 0. The van der Waals surface area contributed by atoms with E-state index in [4.69, 9.17) is 21.3 Å². The number of rotatable bonds is 2. The fourth-order valence-electron chi connectivity index (χ4n) is 3.79. The minimum absolute atomic E-state index is 0.336. The first-order valence-electron chi connectivity index (χ1n) is 9.82. The largest absolute Gasteiger partial charge is 0.379 e. The number of nitrogens with one attached hydrogen (secondary N) is 1. The van der Waals surface area contributed by atoms with Crippen LogP contribution in [0.5, 0.6) is 0 Å². The van der Waals surface area contributed by atoms with Gasteiger partial charge >= 0.3 is 0 Å². The number of halogens is 1. The van der Waals surface area contributed by atoms with E-state index in [1.165, 1.54) is 15.4 Å². The van der Waals surface area contributed by atoms with Crippen molar-refractivity contribution >= 4 is 34.8 Å². The Labute approximate surface area is 180 Å². The van der Waals surface area contributed by atoms with Gasteiger partial charge in [-0.15, -0.1) is 0 Å². The Morgan fingerprint density at radius 1 is 1.00 bits per heavy atom. The van der Waals surface area contributed by atoms with Crippen molar-refractivity contribution in [2.45, 2.75) is 15.7 Å². The van der Waals surface area contributed by atoms with Gasteiger partial charge in [-0.2, -0.15) is 0 Å². The molecule has 29 heavy (non-hydrogen) atoms. The molecule has 3 aromatic rings. The Morgan fingerprint density at radius 3 is 2.86 bits per heavy atom. The van der Waals surface area contributed by atoms with Gasteiger partial charge in [0.15, 0.2) is 0 Å². The molecule has 1 saturated heterocycles. The highest BCUT2D eigenvalue weighted by atomic mass is 35.5. The highest BCUT2D eigenvalue weighted by Gasteiger charge is 2.21. The van der Waals surface area contributed by atoms with Gasteiger partial charge in [0.25, 0.3) is 0 Å². The van der Waals surface area contributed by atoms with Crippen molar-refractivity contribution < 1.29 is 4.74 Å². The van der Waals surface area contributed by atoms with Crippen LogP contribution in [0.3, 0.4) is 0 Å². The molecular weight excluding hydrogens is 400 g/mol. The number of hydrogen-bond donors (Lipinski definition) is 1. The third-order valence-electron chi connectivity index (χ3n) is 5.28. The Bertz CT molecular complexity index is 1070. The second-order valence-electron chi connectivity index (χ2n) is 7.27. The van der Waals surface area contributed by atoms with Gasteiger partial charge in [-0.05, 0) is 35.9 Å². The Morgan fingerprint density at radius 2 is 1.93 bits per heavy atom. The van der Waals surface area contributed by atoms with Gasteiger partial charge in [-0.3, -0.25) is 0 Å². The molecule has 0 aromatic heterocycles. The number of ether oxygens (including phenoxy) is 1. The minimum Gasteiger partial charge on any atom is -0.379 e. The van der Waals surface area contributed by atoms with Gasteiger partial charge in [0.2, 0.25) is 0 Å². The molecule has 3 aromatic carbocycles. The van der Waals surface area contributed by atoms with Gasteiger partial charge in [-0.25, -0.2) is 4.99 Å². The molecule has 0 bridgehead atoms. The van der Waals surface area contributed by atoms with Gasteiger partial charge in [0.1, 0.15) is 0 Å². The molecule has 5 rings (SSSR count). The number of aliphatic imine (C=N–C) groups is 1. The van der Waals surface area contributed by atoms with Crippen molar-refractivity contribution in [3.05, 3.63) is 88.4 Å². The van der Waals surface area contributed by atoms with Gasteiger partial charge in [-0.1, -0.05) is 59.8 Å². The summed E-state index contributed by atoms with van der Waals surface area (Å²) >= 11 is 8.06. The fourth-order valence-corrected chi connectivity index (χ4v) is 4.98. The molecule has 1 unspecified atom stereocenters. The zero-order valence-corrected chi connectivity index (χ0v) is 17.5. The van der Waals surface area contributed by atoms with E-state index in [2.05, 4.69) is 53.8 Å². The molecule has 0 saturated carbocycles. The van der Waals surface area contributed by atoms with E-state index in [-0.39, 0.29) is 0 Å². The summed E-state index contributed by atoms with van der Waals surface area (Å²) in [7, 11) is 0. The van der Waals surface area contributed by atoms with Crippen molar-refractivity contribution in [1.82, 2.24) is 5.32 Å². The molecule has 0 aliphatic carbocycles. The summed E-state index contributed by atoms with van der Waals surface area (Å²) in [6.45, 7) is 3.34. The van der Waals surface area contributed by atoms with Crippen molar-refractivity contribution in [2.24, 2.45) is 4.99 Å². The standard InChI is InChI=1S/C24H21ClN2OS/c25-19-5-3-4-17(12-19)24-20-6-1-2-7-22(20)29-23-9-8-16(13-21(23)27-24)18-14-26-10-11-28-15-18/h1-9,12-13,18,26H,10-11,14-15H2. The summed E-state index contributed by atoms with van der Waals surface area (Å²) in [6, 6.07) is 23.0. The molecule has 0 spiro atoms. The molecule has 2 heterocycles. The van der Waals surface area contributed by atoms with E-state index in [1.807, 2.05) is 18.2 Å². The molecule has 1 fully saturated rings. The van der Waals surface area contributed by atoms with Crippen LogP contribution in [0.15, 0.2) is 81.5 Å². The molecule has 3 nitrogen and oxygen atoms in total. The quantitative estimate of drug-likeness (QED) is 0.453. The van der Waals surface area contributed by atoms with Crippen LogP contribution in [0.25, 0.3) is 0 Å². The van der Waals surface area contributed by atoms with E-state index in [0.717, 1.165) is 53.9 Å². The highest BCUT2D eigenvalue weighted by molar-refractivity contribution is 7.99. The van der Waals surface area contributed by atoms with Crippen LogP contribution in [0, 0.1) is 0 Å². The SMILES string of the molecule is Clc1cccc(C2=Nc3cc(C4CNCCOC4)ccc3Sc3ccccc32)c1. The lowest BCUT2D eigenvalue weighted by Crippen LogP contribution is -2.21. The van der Waals surface area contributed by atoms with E-state index < -0.39 is 0 Å². The maximum Gasteiger partial charge on any atom is 0.0793 e. The van der Waals surface area contributed by atoms with E-state index in [9.17, 15) is 0 Å². The van der Waals surface area contributed by atoms with Crippen LogP contribution in [0.1, 0.15) is 22.6 Å². The van der Waals surface area contributed by atoms with Gasteiger partial charge in [0.05, 0.1) is 24.6 Å². The average Bonchev–Trinajstić information content (AvgIpc) is 3.11. The summed E-state index contributed by atoms with van der Waals surface area (Å²) in [5, 5.41) is 4.18. The molecule has 2 aliphatic rings. The van der Waals surface area contributed by atoms with Crippen LogP contribution < -0.4 is 5.32 Å². The summed E-state index contributed by atoms with van der Waals surface area (Å²) in [5.74, 6) is 0.336. The Kier molecular flexibility index (Phi) is 5.42. The van der Waals surface area contributed by atoms with Crippen LogP contribution in [0.4, 0.5) is 5.69 Å². The van der Waals surface area contributed by atoms with E-state index >= 15 is 0 Å². The molecule has 146 valence electrons. The van der Waals surface area contributed by atoms with Crippen LogP contribution >= 0.6 is 23.4 Å². The van der Waals surface area contributed by atoms with Gasteiger partial charge < -0.3 is 10.1 Å². The Balaban J connectivity index is 1.63. The molecule has 2 aliphatic heterocycles. The monoisotopic (exact) mass is 420 g/mol. The minimum atomic E-state index is 0.336. The van der Waals surface area contributed by atoms with Gasteiger partial charge in [0, 0.05) is 44.9 Å². The molecule has 0 amide bonds. The zero-order chi connectivity index (χ0) is 19.6. The molecule has 5 heteroatoms. The van der Waals surface area contributed by atoms with Crippen LogP contribution in [-0.2, 0) is 4.74 Å². The molecule has 1 N–H and O–H groups in total. The van der Waals surface area contributed by atoms with E-state index in [1.54, 1.807) is 11.8 Å². The summed E-state index contributed by atoms with van der Waals surface area (Å²) in [5.41, 5.74) is 5.39. The van der Waals surface area contributed by atoms with Crippen molar-refractivity contribution in [2.75, 3.05) is 26.3 Å². The zero-order valence-electron chi connectivity index (χ0n) is 15.9. The molecule has 1 atom stereocenters. The summed E-state index contributed by atoms with van der Waals surface area (Å²) < 4.78 is 5.77. The average molecular weight is 421 g/mol. The van der Waals surface area contributed by atoms with Crippen molar-refractivity contribution in [3.8, 4) is 0 Å². The highest BCUT2D eigenvalue weighted by Crippen LogP contribution is 2.42. The maximum absolute atomic E-state index is 6.29. The lowest BCUT2D eigenvalue weighted by atomic mass is 9.99. The third kappa shape index (κ3) is 3.99. The third-order valence-corrected chi connectivity index (χ3v) is 6.66. The van der Waals surface area contributed by atoms with Crippen LogP contribution in [0.2, 0.25) is 5.02 Å². The first-order valence-corrected chi connectivity index (χ1v) is 11.0. The normalized spacial score (nSPS) is 18.8. The predicted octanol–water partition coefficient (Wildman–Crippen LogP) is 5.68. The topological polar surface area (TPSA) is 33.6 Å². The maximum atomic E-state index is 6.29. The lowest BCUT2D eigenvalue weighted by molar-refractivity contribution is 0.141. The first kappa shape index (κ1) is 18.9. The second-order valence-corrected chi connectivity index (χ2v) is 8.79. The lowest BCUT2D eigenvalue weighted by Gasteiger charge is -2.15. The number of benzene rings is 3. The van der Waals surface area contributed by atoms with E-state index in [0.29, 0.717) is 5.92 Å². The predicted molar refractivity (Wildman–Crippen MR) is 120 cm³/mol.